The molecule has 30 heavy (non-hydrogen) atoms. The molecule has 0 aliphatic heterocycles. The number of methoxy groups -OCH3 is 1. The number of amides is 1. The van der Waals surface area contributed by atoms with E-state index in [1.807, 2.05) is 25.1 Å². The van der Waals surface area contributed by atoms with Crippen LogP contribution >= 0.6 is 23.2 Å². The molecule has 0 saturated heterocycles. The summed E-state index contributed by atoms with van der Waals surface area (Å²) in [5, 5.41) is 3.68. The molecular formula is C23H21Cl2NO4. The third kappa shape index (κ3) is 5.81. The largest absolute Gasteiger partial charge is 0.497 e. The molecule has 1 amide bonds. The van der Waals surface area contributed by atoms with Gasteiger partial charge in [-0.15, -0.1) is 0 Å². The van der Waals surface area contributed by atoms with E-state index in [1.165, 1.54) is 0 Å². The van der Waals surface area contributed by atoms with E-state index in [-0.39, 0.29) is 12.5 Å². The van der Waals surface area contributed by atoms with E-state index >= 15 is 0 Å². The van der Waals surface area contributed by atoms with Crippen molar-refractivity contribution in [3.63, 3.8) is 0 Å². The molecule has 0 saturated carbocycles. The van der Waals surface area contributed by atoms with Gasteiger partial charge in [0.15, 0.2) is 0 Å². The summed E-state index contributed by atoms with van der Waals surface area (Å²) in [5.74, 6) is 1.72. The zero-order valence-electron chi connectivity index (χ0n) is 16.6. The number of halogens is 2. The highest BCUT2D eigenvalue weighted by atomic mass is 35.5. The Balaban J connectivity index is 1.79. The lowest BCUT2D eigenvalue weighted by atomic mass is 10.1. The molecule has 3 rings (SSSR count). The number of hydrogen-bond donors (Lipinski definition) is 1. The van der Waals surface area contributed by atoms with Crippen molar-refractivity contribution >= 4 is 34.8 Å². The maximum atomic E-state index is 12.7. The third-order valence-corrected chi connectivity index (χ3v) is 4.61. The molecule has 1 N–H and O–H groups in total. The maximum Gasteiger partial charge on any atom is 0.255 e. The molecule has 0 aromatic heterocycles. The van der Waals surface area contributed by atoms with Gasteiger partial charge >= 0.3 is 0 Å². The molecular weight excluding hydrogens is 425 g/mol. The Morgan fingerprint density at radius 3 is 2.37 bits per heavy atom. The van der Waals surface area contributed by atoms with Crippen LogP contribution in [0.4, 0.5) is 5.69 Å². The highest BCUT2D eigenvalue weighted by molar-refractivity contribution is 6.35. The molecule has 0 unspecified atom stereocenters. The second-order valence-electron chi connectivity index (χ2n) is 6.34. The first kappa shape index (κ1) is 21.8. The standard InChI is InChI=1S/C23H21Cl2NO4/c1-3-29-22-8-7-15(23(27)26-19-11-17(24)10-18(25)12-19)9-16(22)14-30-21-6-4-5-20(13-21)28-2/h4-13H,3,14H2,1-2H3,(H,26,27). The van der Waals surface area contributed by atoms with Crippen LogP contribution in [-0.4, -0.2) is 19.6 Å². The second kappa shape index (κ2) is 10.2. The van der Waals surface area contributed by atoms with Crippen LogP contribution in [0.1, 0.15) is 22.8 Å². The van der Waals surface area contributed by atoms with Gasteiger partial charge in [0.1, 0.15) is 23.9 Å². The fourth-order valence-electron chi connectivity index (χ4n) is 2.81. The fraction of sp³-hybridized carbons (Fsp3) is 0.174. The van der Waals surface area contributed by atoms with Crippen LogP contribution in [0.25, 0.3) is 0 Å². The molecule has 0 aliphatic carbocycles. The molecule has 0 radical (unpaired) electrons. The van der Waals surface area contributed by atoms with Crippen LogP contribution in [0, 0.1) is 0 Å². The lowest BCUT2D eigenvalue weighted by molar-refractivity contribution is 0.102. The van der Waals surface area contributed by atoms with Crippen LogP contribution in [0.2, 0.25) is 10.0 Å². The molecule has 3 aromatic carbocycles. The lowest BCUT2D eigenvalue weighted by Gasteiger charge is -2.14. The zero-order valence-corrected chi connectivity index (χ0v) is 18.1. The molecule has 0 fully saturated rings. The highest BCUT2D eigenvalue weighted by Gasteiger charge is 2.13. The summed E-state index contributed by atoms with van der Waals surface area (Å²) in [6.07, 6.45) is 0. The van der Waals surface area contributed by atoms with Crippen LogP contribution in [0.15, 0.2) is 60.7 Å². The van der Waals surface area contributed by atoms with Gasteiger partial charge in [0.2, 0.25) is 0 Å². The smallest absolute Gasteiger partial charge is 0.255 e. The van der Waals surface area contributed by atoms with Crippen molar-refractivity contribution in [1.82, 2.24) is 0 Å². The first-order valence-corrected chi connectivity index (χ1v) is 10.0. The summed E-state index contributed by atoms with van der Waals surface area (Å²) in [6, 6.07) is 17.4. The Kier molecular flexibility index (Phi) is 7.44. The topological polar surface area (TPSA) is 56.8 Å². The Morgan fingerprint density at radius 1 is 0.933 bits per heavy atom. The van der Waals surface area contributed by atoms with Gasteiger partial charge in [-0.3, -0.25) is 4.79 Å². The van der Waals surface area contributed by atoms with Crippen LogP contribution in [-0.2, 0) is 6.61 Å². The number of benzene rings is 3. The third-order valence-electron chi connectivity index (χ3n) is 4.18. The Morgan fingerprint density at radius 2 is 1.67 bits per heavy atom. The number of hydrogen-bond acceptors (Lipinski definition) is 4. The van der Waals surface area contributed by atoms with Crippen molar-refractivity contribution in [2.24, 2.45) is 0 Å². The number of anilines is 1. The van der Waals surface area contributed by atoms with Gasteiger partial charge in [-0.05, 0) is 55.5 Å². The molecule has 0 heterocycles. The molecule has 5 nitrogen and oxygen atoms in total. The zero-order chi connectivity index (χ0) is 21.5. The summed E-state index contributed by atoms with van der Waals surface area (Å²) in [6.45, 7) is 2.63. The van der Waals surface area contributed by atoms with Gasteiger partial charge in [-0.2, -0.15) is 0 Å². The molecule has 156 valence electrons. The van der Waals surface area contributed by atoms with Crippen LogP contribution in [0.5, 0.6) is 17.2 Å². The van der Waals surface area contributed by atoms with Crippen molar-refractivity contribution in [1.29, 1.82) is 0 Å². The molecule has 0 atom stereocenters. The van der Waals surface area contributed by atoms with Crippen molar-refractivity contribution in [3.05, 3.63) is 81.8 Å². The normalized spacial score (nSPS) is 10.4. The van der Waals surface area contributed by atoms with Gasteiger partial charge in [0, 0.05) is 32.9 Å². The van der Waals surface area contributed by atoms with Gasteiger partial charge in [-0.25, -0.2) is 0 Å². The minimum Gasteiger partial charge on any atom is -0.497 e. The highest BCUT2D eigenvalue weighted by Crippen LogP contribution is 2.26. The summed E-state index contributed by atoms with van der Waals surface area (Å²) in [7, 11) is 1.60. The maximum absolute atomic E-state index is 12.7. The number of rotatable bonds is 8. The van der Waals surface area contributed by atoms with Crippen LogP contribution in [0.3, 0.4) is 0 Å². The van der Waals surface area contributed by atoms with Gasteiger partial charge < -0.3 is 19.5 Å². The quantitative estimate of drug-likeness (QED) is 0.446. The Hall–Kier alpha value is -2.89. The van der Waals surface area contributed by atoms with Crippen molar-refractivity contribution in [3.8, 4) is 17.2 Å². The minimum atomic E-state index is -0.293. The average Bonchev–Trinajstić information content (AvgIpc) is 2.72. The Bertz CT molecular complexity index is 1020. The number of ether oxygens (including phenoxy) is 3. The molecule has 0 bridgehead atoms. The molecule has 3 aromatic rings. The lowest BCUT2D eigenvalue weighted by Crippen LogP contribution is -2.13. The van der Waals surface area contributed by atoms with Gasteiger partial charge in [0.25, 0.3) is 5.91 Å². The average molecular weight is 446 g/mol. The van der Waals surface area contributed by atoms with Crippen molar-refractivity contribution < 1.29 is 19.0 Å². The van der Waals surface area contributed by atoms with Gasteiger partial charge in [0.05, 0.1) is 13.7 Å². The molecule has 7 heteroatoms. The van der Waals surface area contributed by atoms with Crippen molar-refractivity contribution in [2.45, 2.75) is 13.5 Å². The number of nitrogens with one attached hydrogen (secondary N) is 1. The van der Waals surface area contributed by atoms with Crippen molar-refractivity contribution in [2.75, 3.05) is 19.0 Å². The Labute approximate surface area is 185 Å². The van der Waals surface area contributed by atoms with E-state index in [4.69, 9.17) is 37.4 Å². The predicted molar refractivity (Wildman–Crippen MR) is 119 cm³/mol. The second-order valence-corrected chi connectivity index (χ2v) is 7.21. The van der Waals surface area contributed by atoms with E-state index in [0.717, 1.165) is 5.56 Å². The predicted octanol–water partition coefficient (Wildman–Crippen LogP) is 6.23. The summed E-state index contributed by atoms with van der Waals surface area (Å²) < 4.78 is 16.8. The number of carbonyl (C=O) groups is 1. The van der Waals surface area contributed by atoms with Crippen LogP contribution < -0.4 is 19.5 Å². The summed E-state index contributed by atoms with van der Waals surface area (Å²) in [5.41, 5.74) is 1.72. The number of carbonyl (C=O) groups excluding carboxylic acids is 1. The van der Waals surface area contributed by atoms with E-state index < -0.39 is 0 Å². The van der Waals surface area contributed by atoms with E-state index in [1.54, 1.807) is 49.6 Å². The summed E-state index contributed by atoms with van der Waals surface area (Å²) in [4.78, 5) is 12.7. The molecule has 0 spiro atoms. The van der Waals surface area contributed by atoms with E-state index in [9.17, 15) is 4.79 Å². The summed E-state index contributed by atoms with van der Waals surface area (Å²) >= 11 is 12.0. The van der Waals surface area contributed by atoms with E-state index in [0.29, 0.717) is 45.2 Å². The van der Waals surface area contributed by atoms with E-state index in [2.05, 4.69) is 5.32 Å². The molecule has 0 aliphatic rings. The fourth-order valence-corrected chi connectivity index (χ4v) is 3.34. The minimum absolute atomic E-state index is 0.229. The van der Waals surface area contributed by atoms with Gasteiger partial charge in [-0.1, -0.05) is 29.3 Å². The monoisotopic (exact) mass is 445 g/mol. The SMILES string of the molecule is CCOc1ccc(C(=O)Nc2cc(Cl)cc(Cl)c2)cc1COc1cccc(OC)c1. The first-order valence-electron chi connectivity index (χ1n) is 9.28. The first-order chi connectivity index (χ1) is 14.5.